The van der Waals surface area contributed by atoms with Crippen molar-refractivity contribution in [2.75, 3.05) is 26.1 Å². The Hall–Kier alpha value is -1.64. The molecule has 0 spiro atoms. The molecule has 1 rings (SSSR count). The van der Waals surface area contributed by atoms with Gasteiger partial charge in [-0.2, -0.15) is 5.26 Å². The predicted molar refractivity (Wildman–Crippen MR) is 64.7 cm³/mol. The summed E-state index contributed by atoms with van der Waals surface area (Å²) in [7, 11) is 3.15. The topological polar surface area (TPSA) is 67.2 Å². The molecule has 0 saturated heterocycles. The number of rotatable bonds is 5. The first-order valence-corrected chi connectivity index (χ1v) is 5.30. The number of nitrogens with zero attached hydrogens (tertiary/aromatic N) is 2. The van der Waals surface area contributed by atoms with Crippen LogP contribution < -0.4 is 5.32 Å². The van der Waals surface area contributed by atoms with Crippen LogP contribution in [0.1, 0.15) is 17.0 Å². The summed E-state index contributed by atoms with van der Waals surface area (Å²) in [5.41, 5.74) is 2.91. The molecule has 0 aliphatic rings. The van der Waals surface area contributed by atoms with Crippen LogP contribution in [0.2, 0.25) is 0 Å². The van der Waals surface area contributed by atoms with Gasteiger partial charge in [0.1, 0.15) is 6.07 Å². The van der Waals surface area contributed by atoms with E-state index in [-0.39, 0.29) is 6.29 Å². The summed E-state index contributed by atoms with van der Waals surface area (Å²) >= 11 is 0. The third kappa shape index (κ3) is 3.41. The minimum absolute atomic E-state index is 0.338. The van der Waals surface area contributed by atoms with Crippen LogP contribution >= 0.6 is 0 Å². The van der Waals surface area contributed by atoms with Crippen LogP contribution in [0.5, 0.6) is 0 Å². The molecule has 0 radical (unpaired) electrons. The second-order valence-corrected chi connectivity index (χ2v) is 3.67. The fourth-order valence-corrected chi connectivity index (χ4v) is 1.57. The molecule has 1 aromatic heterocycles. The number of hydrogen-bond acceptors (Lipinski definition) is 5. The van der Waals surface area contributed by atoms with Crippen LogP contribution in [0.4, 0.5) is 5.69 Å². The van der Waals surface area contributed by atoms with Crippen LogP contribution in [0.15, 0.2) is 6.07 Å². The van der Waals surface area contributed by atoms with Gasteiger partial charge in [-0.3, -0.25) is 4.98 Å². The number of nitriles is 1. The van der Waals surface area contributed by atoms with E-state index in [1.54, 1.807) is 14.2 Å². The van der Waals surface area contributed by atoms with Gasteiger partial charge < -0.3 is 14.8 Å². The Morgan fingerprint density at radius 1 is 1.41 bits per heavy atom. The number of aromatic nitrogens is 1. The first kappa shape index (κ1) is 13.4. The lowest BCUT2D eigenvalue weighted by Gasteiger charge is -2.16. The maximum Gasteiger partial charge on any atom is 0.173 e. The molecule has 0 saturated carbocycles. The molecule has 0 aliphatic heterocycles. The summed E-state index contributed by atoms with van der Waals surface area (Å²) in [6.45, 7) is 4.19. The quantitative estimate of drug-likeness (QED) is 0.785. The minimum atomic E-state index is -0.338. The smallest absolute Gasteiger partial charge is 0.173 e. The van der Waals surface area contributed by atoms with Crippen molar-refractivity contribution in [3.8, 4) is 6.07 Å². The van der Waals surface area contributed by atoms with Crippen molar-refractivity contribution in [2.45, 2.75) is 20.1 Å². The molecule has 0 aromatic carbocycles. The maximum absolute atomic E-state index is 9.08. The van der Waals surface area contributed by atoms with Gasteiger partial charge in [-0.15, -0.1) is 0 Å². The van der Waals surface area contributed by atoms with Gasteiger partial charge in [0.2, 0.25) is 0 Å². The molecule has 1 N–H and O–H groups in total. The Morgan fingerprint density at radius 2 is 2.06 bits per heavy atom. The number of nitrogens with one attached hydrogen (secondary N) is 1. The molecule has 5 nitrogen and oxygen atoms in total. The zero-order valence-corrected chi connectivity index (χ0v) is 10.6. The molecular formula is C12H17N3O2. The van der Waals surface area contributed by atoms with Crippen molar-refractivity contribution >= 4 is 5.69 Å². The molecule has 0 aliphatic carbocycles. The van der Waals surface area contributed by atoms with E-state index in [0.29, 0.717) is 12.1 Å². The summed E-state index contributed by atoms with van der Waals surface area (Å²) in [6, 6.07) is 3.99. The van der Waals surface area contributed by atoms with Gasteiger partial charge in [-0.05, 0) is 19.9 Å². The minimum Gasteiger partial charge on any atom is -0.379 e. The van der Waals surface area contributed by atoms with Crippen molar-refractivity contribution in [3.63, 3.8) is 0 Å². The molecule has 0 bridgehead atoms. The second-order valence-electron chi connectivity index (χ2n) is 3.67. The number of methoxy groups -OCH3 is 2. The number of aryl methyl sites for hydroxylation is 2. The normalized spacial score (nSPS) is 10.4. The Bertz CT molecular complexity index is 422. The molecule has 1 aromatic rings. The Kier molecular flexibility index (Phi) is 4.88. The van der Waals surface area contributed by atoms with E-state index in [4.69, 9.17) is 14.7 Å². The highest BCUT2D eigenvalue weighted by Crippen LogP contribution is 2.18. The maximum atomic E-state index is 9.08. The van der Waals surface area contributed by atoms with E-state index in [9.17, 15) is 0 Å². The molecule has 0 unspecified atom stereocenters. The lowest BCUT2D eigenvalue weighted by molar-refractivity contribution is -0.0914. The van der Waals surface area contributed by atoms with E-state index in [0.717, 1.165) is 17.1 Å². The molecule has 5 heteroatoms. The fourth-order valence-electron chi connectivity index (χ4n) is 1.57. The third-order valence-corrected chi connectivity index (χ3v) is 2.43. The monoisotopic (exact) mass is 235 g/mol. The van der Waals surface area contributed by atoms with Crippen molar-refractivity contribution in [1.29, 1.82) is 5.26 Å². The number of pyridine rings is 1. The highest BCUT2D eigenvalue weighted by Gasteiger charge is 2.10. The van der Waals surface area contributed by atoms with E-state index < -0.39 is 0 Å². The Balaban J connectivity index is 2.87. The lowest BCUT2D eigenvalue weighted by Crippen LogP contribution is -2.24. The summed E-state index contributed by atoms with van der Waals surface area (Å²) in [4.78, 5) is 4.25. The molecule has 92 valence electrons. The molecule has 0 amide bonds. The number of hydrogen-bond donors (Lipinski definition) is 1. The summed E-state index contributed by atoms with van der Waals surface area (Å²) in [5, 5.41) is 12.2. The van der Waals surface area contributed by atoms with Gasteiger partial charge in [0.05, 0.1) is 23.5 Å². The van der Waals surface area contributed by atoms with Gasteiger partial charge in [0.25, 0.3) is 0 Å². The first-order chi connectivity index (χ1) is 8.12. The second kappa shape index (κ2) is 6.18. The van der Waals surface area contributed by atoms with Gasteiger partial charge in [0, 0.05) is 19.9 Å². The summed E-state index contributed by atoms with van der Waals surface area (Å²) < 4.78 is 10.1. The van der Waals surface area contributed by atoms with Crippen molar-refractivity contribution < 1.29 is 9.47 Å². The predicted octanol–water partition coefficient (Wildman–Crippen LogP) is 1.60. The van der Waals surface area contributed by atoms with E-state index >= 15 is 0 Å². The zero-order chi connectivity index (χ0) is 12.8. The SMILES string of the molecule is COC(CNc1cc(C)nc(C)c1C#N)OC. The lowest BCUT2D eigenvalue weighted by atomic mass is 10.1. The Labute approximate surface area is 101 Å². The third-order valence-electron chi connectivity index (χ3n) is 2.43. The average molecular weight is 235 g/mol. The standard InChI is InChI=1S/C12H17N3O2/c1-8-5-11(10(6-13)9(2)15-8)14-7-12(16-3)17-4/h5,12H,7H2,1-4H3,(H,14,15). The highest BCUT2D eigenvalue weighted by atomic mass is 16.7. The highest BCUT2D eigenvalue weighted by molar-refractivity contribution is 5.59. The summed E-state index contributed by atoms with van der Waals surface area (Å²) in [6.07, 6.45) is -0.338. The zero-order valence-electron chi connectivity index (χ0n) is 10.6. The van der Waals surface area contributed by atoms with Crippen LogP contribution in [0.3, 0.4) is 0 Å². The molecule has 0 fully saturated rings. The van der Waals surface area contributed by atoms with Crippen molar-refractivity contribution in [1.82, 2.24) is 4.98 Å². The summed E-state index contributed by atoms with van der Waals surface area (Å²) in [5.74, 6) is 0. The average Bonchev–Trinajstić information content (AvgIpc) is 2.29. The van der Waals surface area contributed by atoms with E-state index in [2.05, 4.69) is 16.4 Å². The molecule has 17 heavy (non-hydrogen) atoms. The Morgan fingerprint density at radius 3 is 2.59 bits per heavy atom. The van der Waals surface area contributed by atoms with E-state index in [1.807, 2.05) is 19.9 Å². The van der Waals surface area contributed by atoms with Gasteiger partial charge in [0.15, 0.2) is 6.29 Å². The molecule has 0 atom stereocenters. The first-order valence-electron chi connectivity index (χ1n) is 5.30. The van der Waals surface area contributed by atoms with Crippen LogP contribution in [-0.4, -0.2) is 32.0 Å². The van der Waals surface area contributed by atoms with Crippen LogP contribution in [0, 0.1) is 25.2 Å². The van der Waals surface area contributed by atoms with Crippen molar-refractivity contribution in [2.24, 2.45) is 0 Å². The van der Waals surface area contributed by atoms with Crippen LogP contribution in [0.25, 0.3) is 0 Å². The van der Waals surface area contributed by atoms with Crippen molar-refractivity contribution in [3.05, 3.63) is 23.0 Å². The van der Waals surface area contributed by atoms with E-state index in [1.165, 1.54) is 0 Å². The molecular weight excluding hydrogens is 218 g/mol. The van der Waals surface area contributed by atoms with Gasteiger partial charge >= 0.3 is 0 Å². The molecule has 1 heterocycles. The number of anilines is 1. The fraction of sp³-hybridized carbons (Fsp3) is 0.500. The number of ether oxygens (including phenoxy) is 2. The van der Waals surface area contributed by atoms with Crippen LogP contribution in [-0.2, 0) is 9.47 Å². The van der Waals surface area contributed by atoms with Gasteiger partial charge in [-0.25, -0.2) is 0 Å². The largest absolute Gasteiger partial charge is 0.379 e. The van der Waals surface area contributed by atoms with Gasteiger partial charge in [-0.1, -0.05) is 0 Å².